The van der Waals surface area contributed by atoms with E-state index in [-0.39, 0.29) is 5.91 Å². The number of nitrogens with one attached hydrogen (secondary N) is 2. The molecule has 1 aromatic rings. The molecule has 2 N–H and O–H groups in total. The minimum absolute atomic E-state index is 0.208. The summed E-state index contributed by atoms with van der Waals surface area (Å²) in [5.41, 5.74) is 2.51. The van der Waals surface area contributed by atoms with E-state index < -0.39 is 0 Å². The highest BCUT2D eigenvalue weighted by Gasteiger charge is 2.22. The van der Waals surface area contributed by atoms with Gasteiger partial charge in [-0.2, -0.15) is 0 Å². The van der Waals surface area contributed by atoms with Crippen molar-refractivity contribution in [1.82, 2.24) is 5.32 Å². The fourth-order valence-electron chi connectivity index (χ4n) is 4.54. The SMILES string of the molecule is CCCCCCCCCCCCCCCC(=O)NCCC1CNc2ccc(OC)cc21. The summed E-state index contributed by atoms with van der Waals surface area (Å²) in [6, 6.07) is 6.20. The summed E-state index contributed by atoms with van der Waals surface area (Å²) < 4.78 is 5.35. The Morgan fingerprint density at radius 1 is 0.968 bits per heavy atom. The first kappa shape index (κ1) is 25.5. The summed E-state index contributed by atoms with van der Waals surface area (Å²) in [4.78, 5) is 12.1. The largest absolute Gasteiger partial charge is 0.497 e. The zero-order chi connectivity index (χ0) is 22.2. The molecule has 4 heteroatoms. The monoisotopic (exact) mass is 430 g/mol. The third-order valence-electron chi connectivity index (χ3n) is 6.56. The van der Waals surface area contributed by atoms with Crippen molar-refractivity contribution in [1.29, 1.82) is 0 Å². The predicted octanol–water partition coefficient (Wildman–Crippen LogP) is 7.19. The summed E-state index contributed by atoms with van der Waals surface area (Å²) >= 11 is 0. The van der Waals surface area contributed by atoms with Crippen molar-refractivity contribution in [2.45, 2.75) is 109 Å². The molecule has 1 heterocycles. The molecule has 1 atom stereocenters. The number of amides is 1. The molecule has 1 aliphatic rings. The number of unbranched alkanes of at least 4 members (excludes halogenated alkanes) is 12. The van der Waals surface area contributed by atoms with Crippen molar-refractivity contribution in [3.63, 3.8) is 0 Å². The summed E-state index contributed by atoms with van der Waals surface area (Å²) in [6.45, 7) is 3.97. The molecule has 0 radical (unpaired) electrons. The third kappa shape index (κ3) is 10.4. The van der Waals surface area contributed by atoms with Crippen LogP contribution in [0.5, 0.6) is 5.75 Å². The maximum Gasteiger partial charge on any atom is 0.219 e. The number of anilines is 1. The molecule has 0 saturated carbocycles. The summed E-state index contributed by atoms with van der Waals surface area (Å²) in [5.74, 6) is 1.56. The minimum atomic E-state index is 0.208. The molecular formula is C27H46N2O2. The van der Waals surface area contributed by atoms with Gasteiger partial charge in [-0.15, -0.1) is 0 Å². The van der Waals surface area contributed by atoms with Crippen LogP contribution in [0, 0.1) is 0 Å². The predicted molar refractivity (Wildman–Crippen MR) is 132 cm³/mol. The Morgan fingerprint density at radius 2 is 1.58 bits per heavy atom. The Morgan fingerprint density at radius 3 is 2.19 bits per heavy atom. The van der Waals surface area contributed by atoms with Gasteiger partial charge in [0.1, 0.15) is 5.75 Å². The quantitative estimate of drug-likeness (QED) is 0.242. The van der Waals surface area contributed by atoms with Gasteiger partial charge in [0, 0.05) is 31.1 Å². The van der Waals surface area contributed by atoms with Crippen molar-refractivity contribution < 1.29 is 9.53 Å². The van der Waals surface area contributed by atoms with E-state index in [2.05, 4.69) is 29.7 Å². The Hall–Kier alpha value is -1.71. The second-order valence-corrected chi connectivity index (χ2v) is 9.16. The number of fused-ring (bicyclic) bond motifs is 1. The van der Waals surface area contributed by atoms with Gasteiger partial charge in [-0.25, -0.2) is 0 Å². The second-order valence-electron chi connectivity index (χ2n) is 9.16. The normalized spacial score (nSPS) is 14.8. The van der Waals surface area contributed by atoms with E-state index in [1.54, 1.807) is 7.11 Å². The maximum absolute atomic E-state index is 12.1. The number of carbonyl (C=O) groups excluding carboxylic acids is 1. The molecule has 1 aromatic carbocycles. The number of hydrogen-bond donors (Lipinski definition) is 2. The van der Waals surface area contributed by atoms with E-state index in [4.69, 9.17) is 4.74 Å². The Bertz CT molecular complexity index is 617. The Labute approximate surface area is 190 Å². The zero-order valence-electron chi connectivity index (χ0n) is 20.1. The lowest BCUT2D eigenvalue weighted by atomic mass is 9.97. The fraction of sp³-hybridized carbons (Fsp3) is 0.741. The molecule has 1 amide bonds. The first-order valence-corrected chi connectivity index (χ1v) is 12.9. The van der Waals surface area contributed by atoms with Crippen LogP contribution in [0.15, 0.2) is 18.2 Å². The molecule has 0 aromatic heterocycles. The van der Waals surface area contributed by atoms with Crippen LogP contribution in [0.2, 0.25) is 0 Å². The first-order valence-electron chi connectivity index (χ1n) is 12.9. The van der Waals surface area contributed by atoms with E-state index in [0.717, 1.165) is 31.7 Å². The van der Waals surface area contributed by atoms with Crippen LogP contribution in [0.4, 0.5) is 5.69 Å². The number of hydrogen-bond acceptors (Lipinski definition) is 3. The summed E-state index contributed by atoms with van der Waals surface area (Å²) in [6.07, 6.45) is 19.0. The van der Waals surface area contributed by atoms with Crippen LogP contribution in [-0.2, 0) is 4.79 Å². The van der Waals surface area contributed by atoms with Crippen molar-refractivity contribution in [2.75, 3.05) is 25.5 Å². The average molecular weight is 431 g/mol. The highest BCUT2D eigenvalue weighted by molar-refractivity contribution is 5.75. The molecule has 2 rings (SSSR count). The average Bonchev–Trinajstić information content (AvgIpc) is 3.19. The van der Waals surface area contributed by atoms with Gasteiger partial charge in [0.15, 0.2) is 0 Å². The van der Waals surface area contributed by atoms with Gasteiger partial charge >= 0.3 is 0 Å². The molecule has 176 valence electrons. The van der Waals surface area contributed by atoms with Crippen molar-refractivity contribution in [2.24, 2.45) is 0 Å². The van der Waals surface area contributed by atoms with Crippen molar-refractivity contribution in [3.05, 3.63) is 23.8 Å². The molecule has 0 spiro atoms. The van der Waals surface area contributed by atoms with E-state index in [1.165, 1.54) is 88.3 Å². The van der Waals surface area contributed by atoms with Crippen LogP contribution in [0.25, 0.3) is 0 Å². The van der Waals surface area contributed by atoms with Crippen LogP contribution < -0.4 is 15.4 Å². The molecule has 0 fully saturated rings. The highest BCUT2D eigenvalue weighted by atomic mass is 16.5. The number of carbonyl (C=O) groups is 1. The molecular weight excluding hydrogens is 384 g/mol. The second kappa shape index (κ2) is 16.0. The topological polar surface area (TPSA) is 50.4 Å². The summed E-state index contributed by atoms with van der Waals surface area (Å²) in [7, 11) is 1.70. The highest BCUT2D eigenvalue weighted by Crippen LogP contribution is 2.35. The number of benzene rings is 1. The van der Waals surface area contributed by atoms with E-state index >= 15 is 0 Å². The molecule has 4 nitrogen and oxygen atoms in total. The van der Waals surface area contributed by atoms with Crippen molar-refractivity contribution in [3.8, 4) is 5.75 Å². The lowest BCUT2D eigenvalue weighted by Crippen LogP contribution is -2.25. The smallest absolute Gasteiger partial charge is 0.219 e. The molecule has 0 saturated heterocycles. The number of rotatable bonds is 18. The lowest BCUT2D eigenvalue weighted by molar-refractivity contribution is -0.121. The van der Waals surface area contributed by atoms with Gasteiger partial charge in [0.25, 0.3) is 0 Å². The van der Waals surface area contributed by atoms with Gasteiger partial charge in [-0.3, -0.25) is 4.79 Å². The maximum atomic E-state index is 12.1. The van der Waals surface area contributed by atoms with E-state index in [1.807, 2.05) is 6.07 Å². The molecule has 31 heavy (non-hydrogen) atoms. The van der Waals surface area contributed by atoms with Crippen LogP contribution in [0.1, 0.15) is 115 Å². The molecule has 1 unspecified atom stereocenters. The third-order valence-corrected chi connectivity index (χ3v) is 6.56. The van der Waals surface area contributed by atoms with E-state index in [9.17, 15) is 4.79 Å². The molecule has 0 aliphatic carbocycles. The van der Waals surface area contributed by atoms with Gasteiger partial charge in [-0.1, -0.05) is 84.0 Å². The van der Waals surface area contributed by atoms with Gasteiger partial charge in [0.05, 0.1) is 7.11 Å². The first-order chi connectivity index (χ1) is 15.2. The van der Waals surface area contributed by atoms with Gasteiger partial charge < -0.3 is 15.4 Å². The fourth-order valence-corrected chi connectivity index (χ4v) is 4.54. The Kier molecular flexibility index (Phi) is 13.2. The van der Waals surface area contributed by atoms with Gasteiger partial charge in [0.2, 0.25) is 5.91 Å². The van der Waals surface area contributed by atoms with Crippen LogP contribution >= 0.6 is 0 Å². The van der Waals surface area contributed by atoms with Crippen LogP contribution in [-0.4, -0.2) is 26.1 Å². The molecule has 1 aliphatic heterocycles. The summed E-state index contributed by atoms with van der Waals surface area (Å²) in [5, 5.41) is 6.57. The Balaban J connectivity index is 1.40. The zero-order valence-corrected chi connectivity index (χ0v) is 20.1. The minimum Gasteiger partial charge on any atom is -0.497 e. The van der Waals surface area contributed by atoms with E-state index in [0.29, 0.717) is 12.3 Å². The number of methoxy groups -OCH3 is 1. The molecule has 0 bridgehead atoms. The van der Waals surface area contributed by atoms with Crippen molar-refractivity contribution >= 4 is 11.6 Å². The van der Waals surface area contributed by atoms with Gasteiger partial charge in [-0.05, 0) is 36.6 Å². The number of ether oxygens (including phenoxy) is 1. The lowest BCUT2D eigenvalue weighted by Gasteiger charge is -2.12. The van der Waals surface area contributed by atoms with Crippen LogP contribution in [0.3, 0.4) is 0 Å². The standard InChI is InChI=1S/C27H46N2O2/c1-3-4-5-6-7-8-9-10-11-12-13-14-15-16-27(30)28-20-19-23-22-29-26-18-17-24(31-2)21-25(23)26/h17-18,21,23,29H,3-16,19-20,22H2,1-2H3,(H,28,30).